The molecule has 0 atom stereocenters. The van der Waals surface area contributed by atoms with Crippen LogP contribution in [-0.2, 0) is 19.7 Å². The summed E-state index contributed by atoms with van der Waals surface area (Å²) in [6, 6.07) is 8.93. The number of carbonyl (C=O) groups excluding carboxylic acids is 1. The maximum absolute atomic E-state index is 13.0. The van der Waals surface area contributed by atoms with E-state index < -0.39 is 0 Å². The molecule has 0 fully saturated rings. The van der Waals surface area contributed by atoms with Crippen molar-refractivity contribution in [2.75, 3.05) is 6.54 Å². The molecule has 0 saturated carbocycles. The third-order valence-electron chi connectivity index (χ3n) is 4.25. The number of halogens is 1. The molecule has 3 aromatic rings. The Morgan fingerprint density at radius 1 is 1.28 bits per heavy atom. The Bertz CT molecular complexity index is 919. The number of fused-ring (bicyclic) bond motifs is 1. The van der Waals surface area contributed by atoms with Gasteiger partial charge in [-0.05, 0) is 30.3 Å². The van der Waals surface area contributed by atoms with E-state index in [4.69, 9.17) is 11.6 Å². The van der Waals surface area contributed by atoms with E-state index in [1.54, 1.807) is 27.9 Å². The molecule has 1 aliphatic rings. The first-order valence-corrected chi connectivity index (χ1v) is 8.29. The first kappa shape index (κ1) is 15.9. The van der Waals surface area contributed by atoms with Crippen LogP contribution in [0.4, 0.5) is 0 Å². The van der Waals surface area contributed by atoms with Gasteiger partial charge in [0.05, 0.1) is 47.4 Å². The lowest BCUT2D eigenvalue weighted by Gasteiger charge is -2.28. The van der Waals surface area contributed by atoms with Gasteiger partial charge < -0.3 is 10.0 Å². The fourth-order valence-electron chi connectivity index (χ4n) is 2.99. The van der Waals surface area contributed by atoms with Crippen LogP contribution in [0.5, 0.6) is 0 Å². The van der Waals surface area contributed by atoms with Gasteiger partial charge in [0.15, 0.2) is 0 Å². The highest BCUT2D eigenvalue weighted by Gasteiger charge is 2.25. The average molecular weight is 358 g/mol. The van der Waals surface area contributed by atoms with Crippen LogP contribution in [0.15, 0.2) is 42.7 Å². The van der Waals surface area contributed by atoms with Crippen molar-refractivity contribution in [3.63, 3.8) is 0 Å². The molecule has 2 aromatic heterocycles. The van der Waals surface area contributed by atoms with Gasteiger partial charge in [0.1, 0.15) is 0 Å². The zero-order chi connectivity index (χ0) is 17.4. The van der Waals surface area contributed by atoms with Crippen molar-refractivity contribution in [1.29, 1.82) is 0 Å². The normalized spacial score (nSPS) is 13.8. The number of aliphatic hydroxyl groups is 1. The summed E-state index contributed by atoms with van der Waals surface area (Å²) in [6.45, 7) is 1.47. The summed E-state index contributed by atoms with van der Waals surface area (Å²) in [5, 5.41) is 18.1. The van der Waals surface area contributed by atoms with Crippen molar-refractivity contribution in [2.45, 2.75) is 19.7 Å². The number of hydrogen-bond acceptors (Lipinski definition) is 4. The van der Waals surface area contributed by atoms with Crippen LogP contribution < -0.4 is 0 Å². The molecule has 0 radical (unpaired) electrons. The molecular formula is C17H16ClN5O2. The highest BCUT2D eigenvalue weighted by molar-refractivity contribution is 6.33. The summed E-state index contributed by atoms with van der Waals surface area (Å²) in [6.07, 6.45) is 3.49. The van der Waals surface area contributed by atoms with E-state index >= 15 is 0 Å². The van der Waals surface area contributed by atoms with Gasteiger partial charge in [-0.1, -0.05) is 11.6 Å². The molecule has 25 heavy (non-hydrogen) atoms. The molecule has 4 rings (SSSR count). The summed E-state index contributed by atoms with van der Waals surface area (Å²) >= 11 is 6.27. The number of aromatic nitrogens is 4. The van der Waals surface area contributed by atoms with Crippen LogP contribution in [0.2, 0.25) is 5.02 Å². The number of aliphatic hydroxyl groups excluding tert-OH is 1. The number of amides is 1. The van der Waals surface area contributed by atoms with Crippen molar-refractivity contribution < 1.29 is 9.90 Å². The number of carbonyl (C=O) groups is 1. The Balaban J connectivity index is 1.62. The molecule has 0 bridgehead atoms. The second-order valence-corrected chi connectivity index (χ2v) is 6.26. The maximum Gasteiger partial charge on any atom is 0.255 e. The molecule has 0 unspecified atom stereocenters. The van der Waals surface area contributed by atoms with Gasteiger partial charge in [0.25, 0.3) is 5.91 Å². The van der Waals surface area contributed by atoms with Crippen LogP contribution in [-0.4, -0.2) is 42.0 Å². The van der Waals surface area contributed by atoms with Gasteiger partial charge in [0, 0.05) is 18.9 Å². The van der Waals surface area contributed by atoms with E-state index in [9.17, 15) is 9.90 Å². The molecule has 128 valence electrons. The largest absolute Gasteiger partial charge is 0.390 e. The van der Waals surface area contributed by atoms with E-state index in [1.807, 2.05) is 29.1 Å². The second kappa shape index (κ2) is 6.34. The molecule has 1 aromatic carbocycles. The van der Waals surface area contributed by atoms with Crippen molar-refractivity contribution in [2.24, 2.45) is 0 Å². The van der Waals surface area contributed by atoms with Crippen LogP contribution in [0.1, 0.15) is 21.7 Å². The summed E-state index contributed by atoms with van der Waals surface area (Å²) in [4.78, 5) is 14.7. The Kier molecular flexibility index (Phi) is 4.03. The third-order valence-corrected chi connectivity index (χ3v) is 4.58. The van der Waals surface area contributed by atoms with Gasteiger partial charge in [-0.3, -0.25) is 9.48 Å². The fourth-order valence-corrected chi connectivity index (χ4v) is 3.19. The smallest absolute Gasteiger partial charge is 0.255 e. The van der Waals surface area contributed by atoms with Crippen LogP contribution in [0.25, 0.3) is 5.69 Å². The minimum Gasteiger partial charge on any atom is -0.390 e. The highest BCUT2D eigenvalue weighted by atomic mass is 35.5. The van der Waals surface area contributed by atoms with Gasteiger partial charge in [0.2, 0.25) is 0 Å². The number of rotatable bonds is 3. The molecule has 0 spiro atoms. The monoisotopic (exact) mass is 357 g/mol. The Hall–Kier alpha value is -2.64. The van der Waals surface area contributed by atoms with E-state index in [0.29, 0.717) is 35.9 Å². The van der Waals surface area contributed by atoms with Crippen molar-refractivity contribution in [1.82, 2.24) is 24.5 Å². The zero-order valence-corrected chi connectivity index (χ0v) is 14.1. The number of nitrogens with zero attached hydrogens (tertiary/aromatic N) is 5. The highest BCUT2D eigenvalue weighted by Crippen LogP contribution is 2.23. The topological polar surface area (TPSA) is 76.2 Å². The van der Waals surface area contributed by atoms with E-state index in [2.05, 4.69) is 10.2 Å². The molecule has 1 N–H and O–H groups in total. The van der Waals surface area contributed by atoms with Crippen LogP contribution in [0, 0.1) is 0 Å². The molecule has 0 saturated heterocycles. The molecule has 1 amide bonds. The van der Waals surface area contributed by atoms with Gasteiger partial charge in [-0.15, -0.1) is 0 Å². The Morgan fingerprint density at radius 3 is 2.92 bits per heavy atom. The standard InChI is InChI=1S/C17H16ClN5O2/c18-16-3-2-13(22-5-1-4-19-22)9-15(16)17(25)21-6-7-23-14(10-21)8-12(11-24)20-23/h1-5,8-9,24H,6-7,10-11H2. The summed E-state index contributed by atoms with van der Waals surface area (Å²) in [5.41, 5.74) is 2.75. The van der Waals surface area contributed by atoms with Gasteiger partial charge in [-0.25, -0.2) is 4.68 Å². The molecule has 3 heterocycles. The molecule has 0 aliphatic carbocycles. The molecule has 1 aliphatic heterocycles. The number of benzene rings is 1. The van der Waals surface area contributed by atoms with Gasteiger partial charge >= 0.3 is 0 Å². The van der Waals surface area contributed by atoms with Crippen molar-refractivity contribution >= 4 is 17.5 Å². The van der Waals surface area contributed by atoms with E-state index in [-0.39, 0.29) is 12.5 Å². The predicted octanol–water partition coefficient (Wildman–Crippen LogP) is 1.87. The Morgan fingerprint density at radius 2 is 2.16 bits per heavy atom. The SMILES string of the molecule is O=C(c1cc(-n2cccn2)ccc1Cl)N1CCn2nc(CO)cc2C1. The number of hydrogen-bond donors (Lipinski definition) is 1. The maximum atomic E-state index is 13.0. The molecule has 8 heteroatoms. The molecule has 7 nitrogen and oxygen atoms in total. The minimum atomic E-state index is -0.128. The third kappa shape index (κ3) is 2.92. The summed E-state index contributed by atoms with van der Waals surface area (Å²) in [5.74, 6) is -0.128. The first-order valence-electron chi connectivity index (χ1n) is 7.91. The lowest BCUT2D eigenvalue weighted by atomic mass is 10.1. The first-order chi connectivity index (χ1) is 12.2. The molecular weight excluding hydrogens is 342 g/mol. The quantitative estimate of drug-likeness (QED) is 0.776. The average Bonchev–Trinajstić information content (AvgIpc) is 3.30. The van der Waals surface area contributed by atoms with E-state index in [0.717, 1.165) is 11.4 Å². The lowest BCUT2D eigenvalue weighted by molar-refractivity contribution is 0.0706. The zero-order valence-electron chi connectivity index (χ0n) is 13.3. The second-order valence-electron chi connectivity index (χ2n) is 5.85. The lowest BCUT2D eigenvalue weighted by Crippen LogP contribution is -2.38. The van der Waals surface area contributed by atoms with Crippen LogP contribution >= 0.6 is 11.6 Å². The summed E-state index contributed by atoms with van der Waals surface area (Å²) < 4.78 is 3.52. The summed E-state index contributed by atoms with van der Waals surface area (Å²) in [7, 11) is 0. The fraction of sp³-hybridized carbons (Fsp3) is 0.235. The van der Waals surface area contributed by atoms with Gasteiger partial charge in [-0.2, -0.15) is 10.2 Å². The predicted molar refractivity (Wildman–Crippen MR) is 91.5 cm³/mol. The Labute approximate surface area is 149 Å². The van der Waals surface area contributed by atoms with Crippen LogP contribution in [0.3, 0.4) is 0 Å². The van der Waals surface area contributed by atoms with Crippen molar-refractivity contribution in [3.8, 4) is 5.69 Å². The minimum absolute atomic E-state index is 0.105. The van der Waals surface area contributed by atoms with Crippen molar-refractivity contribution in [3.05, 3.63) is 64.7 Å². The van der Waals surface area contributed by atoms with E-state index in [1.165, 1.54) is 0 Å².